The van der Waals surface area contributed by atoms with Crippen molar-refractivity contribution in [3.8, 4) is 11.5 Å². The molecular formula is C24H31FN2O3. The first kappa shape index (κ1) is 22.1. The van der Waals surface area contributed by atoms with Gasteiger partial charge in [0.2, 0.25) is 0 Å². The molecule has 0 aromatic heterocycles. The minimum absolute atomic E-state index is 0.0193. The normalized spacial score (nSPS) is 14.1. The van der Waals surface area contributed by atoms with Crippen LogP contribution in [0.4, 0.5) is 4.39 Å². The van der Waals surface area contributed by atoms with E-state index in [2.05, 4.69) is 0 Å². The molecule has 0 atom stereocenters. The number of carbonyl (C=O) groups is 1. The van der Waals surface area contributed by atoms with Crippen LogP contribution in [0.25, 0.3) is 0 Å². The molecule has 30 heavy (non-hydrogen) atoms. The average molecular weight is 415 g/mol. The highest BCUT2D eigenvalue weighted by Crippen LogP contribution is 2.29. The summed E-state index contributed by atoms with van der Waals surface area (Å²) in [4.78, 5) is 16.3. The molecule has 162 valence electrons. The summed E-state index contributed by atoms with van der Waals surface area (Å²) in [6.07, 6.45) is 3.31. The number of ether oxygens (including phenoxy) is 2. The van der Waals surface area contributed by atoms with Crippen LogP contribution in [-0.2, 0) is 17.9 Å². The number of piperidine rings is 1. The maximum absolute atomic E-state index is 13.9. The van der Waals surface area contributed by atoms with Crippen molar-refractivity contribution in [3.05, 3.63) is 59.4 Å². The third-order valence-electron chi connectivity index (χ3n) is 5.22. The van der Waals surface area contributed by atoms with E-state index < -0.39 is 0 Å². The summed E-state index contributed by atoms with van der Waals surface area (Å²) in [5, 5.41) is 0. The Hall–Kier alpha value is -2.60. The molecule has 0 radical (unpaired) electrons. The Balaban J connectivity index is 1.61. The summed E-state index contributed by atoms with van der Waals surface area (Å²) >= 11 is 0. The molecule has 6 heteroatoms. The van der Waals surface area contributed by atoms with Gasteiger partial charge in [-0.25, -0.2) is 4.39 Å². The molecule has 0 saturated carbocycles. The zero-order chi connectivity index (χ0) is 21.3. The summed E-state index contributed by atoms with van der Waals surface area (Å²) in [7, 11) is 1.95. The Kier molecular flexibility index (Phi) is 8.08. The molecule has 0 N–H and O–H groups in total. The summed E-state index contributed by atoms with van der Waals surface area (Å²) in [5.41, 5.74) is 1.70. The smallest absolute Gasteiger partial charge is 0.260 e. The Morgan fingerprint density at radius 2 is 1.80 bits per heavy atom. The van der Waals surface area contributed by atoms with Crippen LogP contribution in [0.2, 0.25) is 0 Å². The van der Waals surface area contributed by atoms with Crippen LogP contribution in [0.3, 0.4) is 0 Å². The SMILES string of the molecule is CCOc1cc(CN(C)Cc2ccccc2F)ccc1OCC(=O)N1CCCCC1. The van der Waals surface area contributed by atoms with Gasteiger partial charge in [-0.15, -0.1) is 0 Å². The molecule has 0 aliphatic carbocycles. The minimum Gasteiger partial charge on any atom is -0.490 e. The quantitative estimate of drug-likeness (QED) is 0.615. The van der Waals surface area contributed by atoms with E-state index in [0.717, 1.165) is 31.5 Å². The number of benzene rings is 2. The lowest BCUT2D eigenvalue weighted by molar-refractivity contribution is -0.134. The fraction of sp³-hybridized carbons (Fsp3) is 0.458. The van der Waals surface area contributed by atoms with E-state index in [-0.39, 0.29) is 18.3 Å². The Morgan fingerprint density at radius 3 is 2.53 bits per heavy atom. The van der Waals surface area contributed by atoms with Crippen LogP contribution in [-0.4, -0.2) is 49.1 Å². The Morgan fingerprint density at radius 1 is 1.03 bits per heavy atom. The molecule has 0 bridgehead atoms. The molecule has 1 fully saturated rings. The summed E-state index contributed by atoms with van der Waals surface area (Å²) in [5.74, 6) is 1.02. The van der Waals surface area contributed by atoms with Crippen molar-refractivity contribution in [2.45, 2.75) is 39.3 Å². The zero-order valence-electron chi connectivity index (χ0n) is 17.9. The third kappa shape index (κ3) is 6.20. The first-order valence-corrected chi connectivity index (χ1v) is 10.6. The first-order valence-electron chi connectivity index (χ1n) is 10.6. The lowest BCUT2D eigenvalue weighted by Crippen LogP contribution is -2.38. The van der Waals surface area contributed by atoms with Crippen LogP contribution in [0.1, 0.15) is 37.3 Å². The number of halogens is 1. The number of amides is 1. The average Bonchev–Trinajstić information content (AvgIpc) is 2.75. The predicted octanol–water partition coefficient (Wildman–Crippen LogP) is 4.25. The summed E-state index contributed by atoms with van der Waals surface area (Å²) < 4.78 is 25.4. The molecule has 1 heterocycles. The van der Waals surface area contributed by atoms with Crippen LogP contribution in [0, 0.1) is 5.82 Å². The molecule has 2 aromatic rings. The fourth-order valence-corrected chi connectivity index (χ4v) is 3.70. The van der Waals surface area contributed by atoms with E-state index in [1.165, 1.54) is 12.5 Å². The minimum atomic E-state index is -0.193. The highest BCUT2D eigenvalue weighted by atomic mass is 19.1. The number of hydrogen-bond acceptors (Lipinski definition) is 4. The first-order chi connectivity index (χ1) is 14.6. The van der Waals surface area contributed by atoms with Crippen molar-refractivity contribution in [3.63, 3.8) is 0 Å². The third-order valence-corrected chi connectivity index (χ3v) is 5.22. The van der Waals surface area contributed by atoms with Gasteiger partial charge in [-0.3, -0.25) is 9.69 Å². The highest BCUT2D eigenvalue weighted by Gasteiger charge is 2.18. The second kappa shape index (κ2) is 11.0. The molecular weight excluding hydrogens is 383 g/mol. The maximum Gasteiger partial charge on any atom is 0.260 e. The van der Waals surface area contributed by atoms with Crippen LogP contribution in [0.5, 0.6) is 11.5 Å². The van der Waals surface area contributed by atoms with E-state index in [9.17, 15) is 9.18 Å². The maximum atomic E-state index is 13.9. The second-order valence-electron chi connectivity index (χ2n) is 7.71. The molecule has 1 aliphatic rings. The van der Waals surface area contributed by atoms with Crippen molar-refractivity contribution >= 4 is 5.91 Å². The molecule has 0 spiro atoms. The van der Waals surface area contributed by atoms with E-state index in [1.807, 2.05) is 48.0 Å². The molecule has 1 aliphatic heterocycles. The molecule has 1 amide bonds. The number of hydrogen-bond donors (Lipinski definition) is 0. The lowest BCUT2D eigenvalue weighted by Gasteiger charge is -2.26. The van der Waals surface area contributed by atoms with Gasteiger partial charge in [0.1, 0.15) is 5.82 Å². The van der Waals surface area contributed by atoms with Crippen molar-refractivity contribution in [1.82, 2.24) is 9.80 Å². The molecule has 3 rings (SSSR count). The number of rotatable bonds is 9. The fourth-order valence-electron chi connectivity index (χ4n) is 3.70. The van der Waals surface area contributed by atoms with Gasteiger partial charge in [0.25, 0.3) is 5.91 Å². The van der Waals surface area contributed by atoms with Gasteiger partial charge in [0.15, 0.2) is 18.1 Å². The van der Waals surface area contributed by atoms with Gasteiger partial charge >= 0.3 is 0 Å². The second-order valence-corrected chi connectivity index (χ2v) is 7.71. The van der Waals surface area contributed by atoms with Crippen LogP contribution >= 0.6 is 0 Å². The largest absolute Gasteiger partial charge is 0.490 e. The van der Waals surface area contributed by atoms with Crippen molar-refractivity contribution < 1.29 is 18.7 Å². The van der Waals surface area contributed by atoms with Gasteiger partial charge in [-0.2, -0.15) is 0 Å². The number of likely N-dealkylation sites (tertiary alicyclic amines) is 1. The van der Waals surface area contributed by atoms with Gasteiger partial charge in [-0.1, -0.05) is 24.3 Å². The summed E-state index contributed by atoms with van der Waals surface area (Å²) in [6, 6.07) is 12.6. The van der Waals surface area contributed by atoms with E-state index >= 15 is 0 Å². The molecule has 5 nitrogen and oxygen atoms in total. The van der Waals surface area contributed by atoms with Crippen molar-refractivity contribution in [2.75, 3.05) is 33.4 Å². The van der Waals surface area contributed by atoms with Gasteiger partial charge < -0.3 is 14.4 Å². The van der Waals surface area contributed by atoms with Gasteiger partial charge in [0.05, 0.1) is 6.61 Å². The topological polar surface area (TPSA) is 42.0 Å². The lowest BCUT2D eigenvalue weighted by atomic mass is 10.1. The zero-order valence-corrected chi connectivity index (χ0v) is 17.9. The highest BCUT2D eigenvalue weighted by molar-refractivity contribution is 5.78. The van der Waals surface area contributed by atoms with Gasteiger partial charge in [-0.05, 0) is 57.0 Å². The van der Waals surface area contributed by atoms with Gasteiger partial charge in [0, 0.05) is 31.7 Å². The molecule has 1 saturated heterocycles. The van der Waals surface area contributed by atoms with Crippen molar-refractivity contribution in [2.24, 2.45) is 0 Å². The van der Waals surface area contributed by atoms with E-state index in [0.29, 0.717) is 36.8 Å². The van der Waals surface area contributed by atoms with Crippen LogP contribution in [0.15, 0.2) is 42.5 Å². The number of carbonyl (C=O) groups excluding carboxylic acids is 1. The predicted molar refractivity (Wildman–Crippen MR) is 115 cm³/mol. The molecule has 2 aromatic carbocycles. The van der Waals surface area contributed by atoms with Crippen molar-refractivity contribution in [1.29, 1.82) is 0 Å². The Labute approximate surface area is 178 Å². The van der Waals surface area contributed by atoms with E-state index in [1.54, 1.807) is 12.1 Å². The van der Waals surface area contributed by atoms with Crippen LogP contribution < -0.4 is 9.47 Å². The molecule has 0 unspecified atom stereocenters. The monoisotopic (exact) mass is 414 g/mol. The van der Waals surface area contributed by atoms with E-state index in [4.69, 9.17) is 9.47 Å². The summed E-state index contributed by atoms with van der Waals surface area (Å²) in [6.45, 7) is 5.22. The Bertz CT molecular complexity index is 837. The standard InChI is InChI=1S/C24H31FN2O3/c1-3-29-23-15-19(16-26(2)17-20-9-5-6-10-21(20)25)11-12-22(23)30-18-24(28)27-13-7-4-8-14-27/h5-6,9-12,15H,3-4,7-8,13-14,16-18H2,1-2H3. The number of nitrogens with zero attached hydrogens (tertiary/aromatic N) is 2.